The van der Waals surface area contributed by atoms with E-state index in [0.29, 0.717) is 0 Å². The lowest BCUT2D eigenvalue weighted by Crippen LogP contribution is -2.71. The van der Waals surface area contributed by atoms with Gasteiger partial charge in [0.2, 0.25) is 6.43 Å². The maximum absolute atomic E-state index is 14.6. The van der Waals surface area contributed by atoms with Crippen LogP contribution in [0.5, 0.6) is 0 Å². The number of amides is 1. The number of carbonyl (C=O) groups is 1. The van der Waals surface area contributed by atoms with Gasteiger partial charge in [-0.15, -0.1) is 0 Å². The number of halogens is 5. The number of benzene rings is 1. The lowest BCUT2D eigenvalue weighted by Gasteiger charge is -2.70. The molecule has 1 heterocycles. The number of nitrogen functional groups attached to an aromatic ring is 1. The molecule has 0 radical (unpaired) electrons. The van der Waals surface area contributed by atoms with Gasteiger partial charge in [0.15, 0.2) is 0 Å². The first-order valence-electron chi connectivity index (χ1n) is 10.0. The molecule has 10 heteroatoms. The van der Waals surface area contributed by atoms with Crippen LogP contribution in [0.4, 0.5) is 27.6 Å². The number of nitrogens with one attached hydrogen (secondary N) is 1. The fraction of sp³-hybridized carbons (Fsp3) is 0.455. The summed E-state index contributed by atoms with van der Waals surface area (Å²) in [4.78, 5) is 25.4. The van der Waals surface area contributed by atoms with Crippen LogP contribution in [0.1, 0.15) is 61.0 Å². The van der Waals surface area contributed by atoms with Crippen LogP contribution in [0, 0.1) is 11.2 Å². The summed E-state index contributed by atoms with van der Waals surface area (Å²) in [5.74, 6) is -1.88. The SMILES string of the molecule is CC(C)(NC(=O)c1cn(C23CC(C(F)F)(C2)C3)c(=O)cc1N)c1cccc(C(F)F)c1F. The van der Waals surface area contributed by atoms with E-state index in [2.05, 4.69) is 5.32 Å². The quantitative estimate of drug-likeness (QED) is 0.637. The largest absolute Gasteiger partial charge is 0.398 e. The van der Waals surface area contributed by atoms with Crippen molar-refractivity contribution >= 4 is 11.6 Å². The Balaban J connectivity index is 1.62. The average Bonchev–Trinajstić information content (AvgIpc) is 2.60. The predicted octanol–water partition coefficient (Wildman–Crippen LogP) is 4.32. The summed E-state index contributed by atoms with van der Waals surface area (Å²) in [6.45, 7) is 2.89. The third-order valence-corrected chi connectivity index (χ3v) is 6.71. The molecule has 3 fully saturated rings. The Kier molecular flexibility index (Phi) is 4.91. The van der Waals surface area contributed by atoms with E-state index in [1.54, 1.807) is 0 Å². The summed E-state index contributed by atoms with van der Waals surface area (Å²) in [5.41, 5.74) is 0.997. The number of carbonyl (C=O) groups excluding carboxylic acids is 1. The lowest BCUT2D eigenvalue weighted by atomic mass is 9.39. The van der Waals surface area contributed by atoms with Gasteiger partial charge in [-0.05, 0) is 33.1 Å². The Morgan fingerprint density at radius 1 is 1.19 bits per heavy atom. The minimum Gasteiger partial charge on any atom is -0.398 e. The van der Waals surface area contributed by atoms with Crippen LogP contribution in [0.2, 0.25) is 0 Å². The van der Waals surface area contributed by atoms with Gasteiger partial charge in [0.05, 0.1) is 22.4 Å². The van der Waals surface area contributed by atoms with Crippen molar-refractivity contribution in [3.05, 3.63) is 63.3 Å². The molecule has 3 aliphatic carbocycles. The summed E-state index contributed by atoms with van der Waals surface area (Å²) in [7, 11) is 0. The second-order valence-electron chi connectivity index (χ2n) is 9.36. The standard InChI is InChI=1S/C22H22F5N3O2/c1-20(2,13-5-3-4-11(16(13)23)17(24)25)29-18(32)12-7-30(15(31)6-14(12)28)22-8-21(9-22,10-22)19(26)27/h3-7,17,19H,8-10,28H2,1-2H3,(H,29,32). The zero-order valence-corrected chi connectivity index (χ0v) is 17.4. The molecule has 3 saturated carbocycles. The third-order valence-electron chi connectivity index (χ3n) is 6.71. The molecule has 2 bridgehead atoms. The molecule has 1 aromatic carbocycles. The van der Waals surface area contributed by atoms with Crippen LogP contribution in [-0.2, 0) is 11.1 Å². The molecule has 0 saturated heterocycles. The summed E-state index contributed by atoms with van der Waals surface area (Å²) >= 11 is 0. The first kappa shape index (κ1) is 22.3. The van der Waals surface area contributed by atoms with Crippen LogP contribution < -0.4 is 16.6 Å². The van der Waals surface area contributed by atoms with Gasteiger partial charge in [0, 0.05) is 28.8 Å². The van der Waals surface area contributed by atoms with Crippen molar-refractivity contribution in [2.45, 2.75) is 57.0 Å². The number of nitrogens with two attached hydrogens (primary N) is 1. The third kappa shape index (κ3) is 3.18. The van der Waals surface area contributed by atoms with E-state index in [1.165, 1.54) is 36.7 Å². The highest BCUT2D eigenvalue weighted by molar-refractivity contribution is 5.99. The van der Waals surface area contributed by atoms with Gasteiger partial charge in [0.1, 0.15) is 5.82 Å². The van der Waals surface area contributed by atoms with E-state index in [-0.39, 0.29) is 36.1 Å². The topological polar surface area (TPSA) is 77.1 Å². The summed E-state index contributed by atoms with van der Waals surface area (Å²) < 4.78 is 68.4. The smallest absolute Gasteiger partial charge is 0.266 e. The molecule has 5 rings (SSSR count). The minimum atomic E-state index is -3.02. The number of alkyl halides is 4. The zero-order valence-electron chi connectivity index (χ0n) is 17.4. The van der Waals surface area contributed by atoms with Gasteiger partial charge in [-0.2, -0.15) is 0 Å². The van der Waals surface area contributed by atoms with Crippen LogP contribution in [0.25, 0.3) is 0 Å². The number of anilines is 1. The van der Waals surface area contributed by atoms with Crippen molar-refractivity contribution in [3.8, 4) is 0 Å². The number of pyridine rings is 1. The number of hydrogen-bond donors (Lipinski definition) is 2. The van der Waals surface area contributed by atoms with E-state index >= 15 is 0 Å². The minimum absolute atomic E-state index is 0.0843. The van der Waals surface area contributed by atoms with E-state index < -0.39 is 52.2 Å². The summed E-state index contributed by atoms with van der Waals surface area (Å²) in [5, 5.41) is 2.57. The maximum Gasteiger partial charge on any atom is 0.266 e. The molecule has 1 aromatic heterocycles. The Morgan fingerprint density at radius 3 is 2.38 bits per heavy atom. The van der Waals surface area contributed by atoms with E-state index in [9.17, 15) is 31.5 Å². The molecule has 2 aromatic rings. The second-order valence-corrected chi connectivity index (χ2v) is 9.36. The number of nitrogens with zero attached hydrogens (tertiary/aromatic N) is 1. The van der Waals surface area contributed by atoms with Gasteiger partial charge < -0.3 is 15.6 Å². The predicted molar refractivity (Wildman–Crippen MR) is 107 cm³/mol. The first-order valence-corrected chi connectivity index (χ1v) is 10.0. The van der Waals surface area contributed by atoms with Crippen molar-refractivity contribution in [3.63, 3.8) is 0 Å². The Hall–Kier alpha value is -2.91. The van der Waals surface area contributed by atoms with E-state index in [1.807, 2.05) is 0 Å². The number of aromatic nitrogens is 1. The van der Waals surface area contributed by atoms with Crippen molar-refractivity contribution in [1.29, 1.82) is 0 Å². The lowest BCUT2D eigenvalue weighted by molar-refractivity contribution is -0.254. The number of rotatable bonds is 6. The van der Waals surface area contributed by atoms with E-state index in [0.717, 1.165) is 12.1 Å². The molecule has 3 aliphatic rings. The van der Waals surface area contributed by atoms with Crippen LogP contribution in [-0.4, -0.2) is 16.9 Å². The average molecular weight is 455 g/mol. The Labute approximate surface area is 180 Å². The Morgan fingerprint density at radius 2 is 1.81 bits per heavy atom. The highest BCUT2D eigenvalue weighted by atomic mass is 19.3. The molecule has 0 atom stereocenters. The normalized spacial score (nSPS) is 24.3. The fourth-order valence-corrected chi connectivity index (χ4v) is 5.03. The molecule has 0 unspecified atom stereocenters. The van der Waals surface area contributed by atoms with Gasteiger partial charge in [-0.25, -0.2) is 22.0 Å². The van der Waals surface area contributed by atoms with Crippen molar-refractivity contribution in [2.24, 2.45) is 5.41 Å². The molecule has 0 aliphatic heterocycles. The monoisotopic (exact) mass is 455 g/mol. The fourth-order valence-electron chi connectivity index (χ4n) is 5.03. The molecule has 5 nitrogen and oxygen atoms in total. The van der Waals surface area contributed by atoms with Crippen LogP contribution >= 0.6 is 0 Å². The van der Waals surface area contributed by atoms with E-state index in [4.69, 9.17) is 5.73 Å². The highest BCUT2D eigenvalue weighted by Gasteiger charge is 2.73. The van der Waals surface area contributed by atoms with Crippen molar-refractivity contribution < 1.29 is 26.7 Å². The van der Waals surface area contributed by atoms with Gasteiger partial charge in [-0.3, -0.25) is 9.59 Å². The zero-order chi connectivity index (χ0) is 23.6. The number of hydrogen-bond acceptors (Lipinski definition) is 3. The molecule has 0 spiro atoms. The molecule has 32 heavy (non-hydrogen) atoms. The second kappa shape index (κ2) is 7.05. The molecule has 3 N–H and O–H groups in total. The van der Waals surface area contributed by atoms with Gasteiger partial charge >= 0.3 is 0 Å². The van der Waals surface area contributed by atoms with Gasteiger partial charge in [-0.1, -0.05) is 18.2 Å². The summed E-state index contributed by atoms with van der Waals surface area (Å²) in [6, 6.07) is 4.57. The van der Waals surface area contributed by atoms with Crippen molar-refractivity contribution in [1.82, 2.24) is 9.88 Å². The van der Waals surface area contributed by atoms with Crippen LogP contribution in [0.15, 0.2) is 35.3 Å². The first-order chi connectivity index (χ1) is 14.8. The molecule has 1 amide bonds. The molecular formula is C22H22F5N3O2. The van der Waals surface area contributed by atoms with Crippen LogP contribution in [0.3, 0.4) is 0 Å². The Bertz CT molecular complexity index is 1140. The van der Waals surface area contributed by atoms with Crippen molar-refractivity contribution in [2.75, 3.05) is 5.73 Å². The summed E-state index contributed by atoms with van der Waals surface area (Å²) in [6.07, 6.45) is -3.84. The molecule has 172 valence electrons. The molecular weight excluding hydrogens is 433 g/mol. The maximum atomic E-state index is 14.6. The van der Waals surface area contributed by atoms with Gasteiger partial charge in [0.25, 0.3) is 17.9 Å². The highest BCUT2D eigenvalue weighted by Crippen LogP contribution is 2.73.